The van der Waals surface area contributed by atoms with Crippen molar-refractivity contribution in [3.05, 3.63) is 41.5 Å². The molecule has 0 unspecified atom stereocenters. The van der Waals surface area contributed by atoms with Crippen LogP contribution in [0.2, 0.25) is 0 Å². The van der Waals surface area contributed by atoms with E-state index in [2.05, 4.69) is 25.9 Å². The fraction of sp³-hybridized carbons (Fsp3) is 0.409. The molecule has 1 fully saturated rings. The van der Waals surface area contributed by atoms with E-state index in [1.54, 1.807) is 24.4 Å². The number of aliphatic hydroxyl groups is 2. The first-order valence-corrected chi connectivity index (χ1v) is 12.0. The number of amides is 2. The van der Waals surface area contributed by atoms with E-state index >= 15 is 0 Å². The van der Waals surface area contributed by atoms with Crippen LogP contribution in [0.5, 0.6) is 0 Å². The Balaban J connectivity index is 1.35. The number of hydrogen-bond donors (Lipinski definition) is 6. The van der Waals surface area contributed by atoms with Gasteiger partial charge >= 0.3 is 0 Å². The molecule has 4 rings (SSSR count). The second-order valence-electron chi connectivity index (χ2n) is 8.67. The summed E-state index contributed by atoms with van der Waals surface area (Å²) in [6.07, 6.45) is 0.228. The lowest BCUT2D eigenvalue weighted by atomic mass is 9.76. The molecule has 2 amide bonds. The molecule has 1 aliphatic carbocycles. The summed E-state index contributed by atoms with van der Waals surface area (Å²) in [5.41, 5.74) is 14.6. The van der Waals surface area contributed by atoms with Crippen molar-refractivity contribution in [1.82, 2.24) is 20.0 Å². The maximum absolute atomic E-state index is 12.6. The third-order valence-corrected chi connectivity index (χ3v) is 6.65. The zero-order valence-electron chi connectivity index (χ0n) is 19.0. The molecule has 2 heterocycles. The van der Waals surface area contributed by atoms with E-state index in [9.17, 15) is 19.8 Å². The minimum absolute atomic E-state index is 0.0621. The smallest absolute Gasteiger partial charge is 0.246 e. The number of anilines is 2. The monoisotopic (exact) mass is 500 g/mol. The van der Waals surface area contributed by atoms with Gasteiger partial charge in [0.1, 0.15) is 6.54 Å². The van der Waals surface area contributed by atoms with Crippen molar-refractivity contribution in [3.63, 3.8) is 0 Å². The molecule has 0 spiro atoms. The van der Waals surface area contributed by atoms with E-state index < -0.39 is 24.2 Å². The molecule has 13 heteroatoms. The molecule has 5 atom stereocenters. The number of hydrogen-bond acceptors (Lipinski definition) is 10. The zero-order chi connectivity index (χ0) is 25.1. The highest BCUT2D eigenvalue weighted by Crippen LogP contribution is 2.28. The number of aromatic nitrogens is 4. The van der Waals surface area contributed by atoms with Crippen molar-refractivity contribution < 1.29 is 19.8 Å². The minimum Gasteiger partial charge on any atom is -0.390 e. The van der Waals surface area contributed by atoms with Crippen molar-refractivity contribution in [2.24, 2.45) is 17.4 Å². The summed E-state index contributed by atoms with van der Waals surface area (Å²) in [5.74, 6) is -0.905. The second kappa shape index (κ2) is 10.6. The Kier molecular flexibility index (Phi) is 7.52. The molecular weight excluding hydrogens is 472 g/mol. The Hall–Kier alpha value is -3.23. The summed E-state index contributed by atoms with van der Waals surface area (Å²) in [6.45, 7) is 1.36. The molecule has 0 radical (unpaired) electrons. The number of benzene rings is 1. The summed E-state index contributed by atoms with van der Waals surface area (Å²) in [5, 5.41) is 36.3. The second-order valence-corrected chi connectivity index (χ2v) is 9.53. The van der Waals surface area contributed by atoms with Gasteiger partial charge in [0.25, 0.3) is 0 Å². The van der Waals surface area contributed by atoms with Gasteiger partial charge in [0, 0.05) is 47.8 Å². The van der Waals surface area contributed by atoms with Gasteiger partial charge in [-0.1, -0.05) is 17.3 Å². The van der Waals surface area contributed by atoms with Crippen LogP contribution < -0.4 is 22.1 Å². The van der Waals surface area contributed by atoms with Crippen molar-refractivity contribution in [3.8, 4) is 11.3 Å². The van der Waals surface area contributed by atoms with Crippen LogP contribution in [-0.4, -0.2) is 66.3 Å². The van der Waals surface area contributed by atoms with Crippen molar-refractivity contribution >= 4 is 34.0 Å². The van der Waals surface area contributed by atoms with Gasteiger partial charge in [-0.2, -0.15) is 0 Å². The van der Waals surface area contributed by atoms with E-state index in [0.29, 0.717) is 35.0 Å². The first kappa shape index (κ1) is 24.9. The standard InChI is InChI=1S/C22H28N8O4S/c1-11(31)25-22-27-18(10-35-22)12-3-2-4-13(5-12)26-19(32)9-30-8-14(28-29-30)6-15-16(23)7-17(24)21(34)20(15)33/h2-5,8,10,15-17,20-21,33-34H,6-7,9,23-24H2,1H3,(H,26,32)(H,25,27,31)/t15-,16+,17-,20-,21+/m1/s1. The van der Waals surface area contributed by atoms with Gasteiger partial charge < -0.3 is 32.3 Å². The molecule has 0 bridgehead atoms. The van der Waals surface area contributed by atoms with Crippen LogP contribution in [-0.2, 0) is 22.6 Å². The fourth-order valence-corrected chi connectivity index (χ4v) is 4.90. The lowest BCUT2D eigenvalue weighted by molar-refractivity contribution is -0.117. The number of nitrogens with one attached hydrogen (secondary N) is 2. The third kappa shape index (κ3) is 6.07. The largest absolute Gasteiger partial charge is 0.390 e. The average Bonchev–Trinajstić information content (AvgIpc) is 3.44. The topological polar surface area (TPSA) is 194 Å². The third-order valence-electron chi connectivity index (χ3n) is 5.89. The maximum Gasteiger partial charge on any atom is 0.246 e. The molecule has 1 aliphatic rings. The number of carbonyl (C=O) groups is 2. The Morgan fingerprint density at radius 1 is 1.20 bits per heavy atom. The van der Waals surface area contributed by atoms with Gasteiger partial charge in [-0.15, -0.1) is 16.4 Å². The van der Waals surface area contributed by atoms with Crippen LogP contribution in [0.4, 0.5) is 10.8 Å². The molecule has 35 heavy (non-hydrogen) atoms. The predicted molar refractivity (Wildman–Crippen MR) is 130 cm³/mol. The van der Waals surface area contributed by atoms with Crippen molar-refractivity contribution in [1.29, 1.82) is 0 Å². The highest BCUT2D eigenvalue weighted by molar-refractivity contribution is 7.14. The molecule has 1 aromatic carbocycles. The summed E-state index contributed by atoms with van der Waals surface area (Å²) in [4.78, 5) is 28.2. The summed E-state index contributed by atoms with van der Waals surface area (Å²) in [7, 11) is 0. The summed E-state index contributed by atoms with van der Waals surface area (Å²) >= 11 is 1.32. The quantitative estimate of drug-likeness (QED) is 0.257. The molecule has 1 saturated carbocycles. The van der Waals surface area contributed by atoms with E-state index in [-0.39, 0.29) is 24.4 Å². The van der Waals surface area contributed by atoms with Gasteiger partial charge in [0.15, 0.2) is 5.13 Å². The van der Waals surface area contributed by atoms with Crippen LogP contribution in [0.15, 0.2) is 35.8 Å². The number of rotatable bonds is 7. The first-order valence-electron chi connectivity index (χ1n) is 11.1. The lowest BCUT2D eigenvalue weighted by Gasteiger charge is -2.39. The molecule has 3 aromatic rings. The van der Waals surface area contributed by atoms with Crippen LogP contribution in [0.25, 0.3) is 11.3 Å². The Labute approximate surface area is 205 Å². The predicted octanol–water partition coefficient (Wildman–Crippen LogP) is -0.0625. The van der Waals surface area contributed by atoms with Crippen molar-refractivity contribution in [2.45, 2.75) is 50.6 Å². The highest BCUT2D eigenvalue weighted by atomic mass is 32.1. The zero-order valence-corrected chi connectivity index (χ0v) is 19.9. The van der Waals surface area contributed by atoms with Crippen LogP contribution >= 0.6 is 11.3 Å². The summed E-state index contributed by atoms with van der Waals surface area (Å²) in [6, 6.07) is 6.27. The van der Waals surface area contributed by atoms with Gasteiger partial charge in [-0.05, 0) is 25.0 Å². The van der Waals surface area contributed by atoms with E-state index in [0.717, 1.165) is 5.56 Å². The molecule has 12 nitrogen and oxygen atoms in total. The Morgan fingerprint density at radius 3 is 2.77 bits per heavy atom. The number of thiazole rings is 1. The van der Waals surface area contributed by atoms with Gasteiger partial charge in [0.2, 0.25) is 11.8 Å². The number of carbonyl (C=O) groups excluding carboxylic acids is 2. The summed E-state index contributed by atoms with van der Waals surface area (Å²) < 4.78 is 1.40. The first-order chi connectivity index (χ1) is 16.7. The van der Waals surface area contributed by atoms with Gasteiger partial charge in [-0.3, -0.25) is 9.59 Å². The van der Waals surface area contributed by atoms with Crippen LogP contribution in [0, 0.1) is 5.92 Å². The lowest BCUT2D eigenvalue weighted by Crippen LogP contribution is -2.58. The van der Waals surface area contributed by atoms with Crippen molar-refractivity contribution in [2.75, 3.05) is 10.6 Å². The molecule has 0 saturated heterocycles. The van der Waals surface area contributed by atoms with Crippen LogP contribution in [0.3, 0.4) is 0 Å². The minimum atomic E-state index is -1.05. The van der Waals surface area contributed by atoms with E-state index in [1.807, 2.05) is 11.4 Å². The molecule has 186 valence electrons. The number of nitrogens with two attached hydrogens (primary N) is 2. The molecular formula is C22H28N8O4S. The van der Waals surface area contributed by atoms with E-state index in [1.165, 1.54) is 22.9 Å². The van der Waals surface area contributed by atoms with Gasteiger partial charge in [-0.25, -0.2) is 9.67 Å². The molecule has 2 aromatic heterocycles. The highest BCUT2D eigenvalue weighted by Gasteiger charge is 2.40. The molecule has 0 aliphatic heterocycles. The average molecular weight is 501 g/mol. The maximum atomic E-state index is 12.6. The Morgan fingerprint density at radius 2 is 2.00 bits per heavy atom. The SMILES string of the molecule is CC(=O)Nc1nc(-c2cccc(NC(=O)Cn3cc(C[C@H]4[C@@H](O)[C@@H](O)[C@H](N)C[C@@H]4N)nn3)c2)cs1. The number of nitrogens with zero attached hydrogens (tertiary/aromatic N) is 4. The fourth-order valence-electron chi connectivity index (χ4n) is 4.13. The van der Waals surface area contributed by atoms with Gasteiger partial charge in [0.05, 0.1) is 23.6 Å². The number of aliphatic hydroxyl groups excluding tert-OH is 2. The molecule has 8 N–H and O–H groups in total. The Bertz CT molecular complexity index is 1200. The van der Waals surface area contributed by atoms with Crippen LogP contribution in [0.1, 0.15) is 19.0 Å². The van der Waals surface area contributed by atoms with E-state index in [4.69, 9.17) is 11.5 Å². The normalized spacial score (nSPS) is 24.2.